The van der Waals surface area contributed by atoms with Gasteiger partial charge in [0.25, 0.3) is 0 Å². The average molecular weight is 299 g/mol. The summed E-state index contributed by atoms with van der Waals surface area (Å²) in [4.78, 5) is 4.31. The zero-order valence-electron chi connectivity index (χ0n) is 11.7. The van der Waals surface area contributed by atoms with Crippen molar-refractivity contribution in [3.8, 4) is 11.5 Å². The molecule has 1 unspecified atom stereocenters. The third kappa shape index (κ3) is 3.26. The second-order valence-corrected chi connectivity index (χ2v) is 4.82. The lowest BCUT2D eigenvalue weighted by Gasteiger charge is -2.07. The topological polar surface area (TPSA) is 46.3 Å². The van der Waals surface area contributed by atoms with Crippen LogP contribution in [0.1, 0.15) is 36.3 Å². The van der Waals surface area contributed by atoms with Crippen LogP contribution in [0.15, 0.2) is 28.7 Å². The lowest BCUT2D eigenvalue weighted by atomic mass is 10.0. The van der Waals surface area contributed by atoms with Crippen molar-refractivity contribution in [2.24, 2.45) is 0 Å². The monoisotopic (exact) mass is 299 g/mol. The Bertz CT molecular complexity index is 598. The standard InChI is InChI=1S/C15H16F3NO2/c1-3-10(8-20)13-9(2)21-14(19-13)11-4-6-12(7-5-11)15(16,17)18/h4-7,10,20H,3,8H2,1-2H3. The van der Waals surface area contributed by atoms with Gasteiger partial charge in [-0.15, -0.1) is 0 Å². The minimum absolute atomic E-state index is 0.0453. The molecular formula is C15H16F3NO2. The summed E-state index contributed by atoms with van der Waals surface area (Å²) >= 11 is 0. The van der Waals surface area contributed by atoms with Crippen molar-refractivity contribution in [3.63, 3.8) is 0 Å². The van der Waals surface area contributed by atoms with Gasteiger partial charge in [-0.05, 0) is 37.6 Å². The van der Waals surface area contributed by atoms with Gasteiger partial charge in [-0.3, -0.25) is 0 Å². The third-order valence-electron chi connectivity index (χ3n) is 3.39. The lowest BCUT2D eigenvalue weighted by Crippen LogP contribution is -2.04. The molecule has 0 saturated carbocycles. The zero-order valence-corrected chi connectivity index (χ0v) is 11.7. The highest BCUT2D eigenvalue weighted by Crippen LogP contribution is 2.32. The fraction of sp³-hybridized carbons (Fsp3) is 0.400. The molecule has 1 heterocycles. The van der Waals surface area contributed by atoms with Crippen LogP contribution < -0.4 is 0 Å². The smallest absolute Gasteiger partial charge is 0.416 e. The number of benzene rings is 1. The van der Waals surface area contributed by atoms with E-state index in [-0.39, 0.29) is 18.4 Å². The van der Waals surface area contributed by atoms with E-state index in [0.717, 1.165) is 12.1 Å². The Labute approximate surface area is 120 Å². The van der Waals surface area contributed by atoms with Crippen LogP contribution in [0.4, 0.5) is 13.2 Å². The van der Waals surface area contributed by atoms with E-state index in [0.29, 0.717) is 23.4 Å². The largest absolute Gasteiger partial charge is 0.441 e. The first-order valence-corrected chi connectivity index (χ1v) is 6.62. The summed E-state index contributed by atoms with van der Waals surface area (Å²) in [5.41, 5.74) is 0.414. The molecule has 0 saturated heterocycles. The highest BCUT2D eigenvalue weighted by atomic mass is 19.4. The van der Waals surface area contributed by atoms with Crippen LogP contribution >= 0.6 is 0 Å². The van der Waals surface area contributed by atoms with E-state index in [1.54, 1.807) is 6.92 Å². The normalized spacial score (nSPS) is 13.4. The quantitative estimate of drug-likeness (QED) is 0.922. The van der Waals surface area contributed by atoms with Crippen LogP contribution in [-0.4, -0.2) is 16.7 Å². The molecule has 2 aromatic rings. The molecule has 2 rings (SSSR count). The van der Waals surface area contributed by atoms with Gasteiger partial charge in [0.05, 0.1) is 17.9 Å². The van der Waals surface area contributed by atoms with Gasteiger partial charge in [-0.1, -0.05) is 6.92 Å². The summed E-state index contributed by atoms with van der Waals surface area (Å²) in [6, 6.07) is 4.66. The molecule has 0 aliphatic rings. The van der Waals surface area contributed by atoms with Crippen LogP contribution in [0.2, 0.25) is 0 Å². The number of hydrogen-bond acceptors (Lipinski definition) is 3. The van der Waals surface area contributed by atoms with E-state index in [4.69, 9.17) is 4.42 Å². The number of rotatable bonds is 4. The first kappa shape index (κ1) is 15.6. The predicted octanol–water partition coefficient (Wildman–Crippen LogP) is 4.15. The van der Waals surface area contributed by atoms with E-state index in [1.165, 1.54) is 12.1 Å². The van der Waals surface area contributed by atoms with Crippen molar-refractivity contribution in [3.05, 3.63) is 41.3 Å². The Morgan fingerprint density at radius 2 is 1.86 bits per heavy atom. The fourth-order valence-electron chi connectivity index (χ4n) is 2.12. The van der Waals surface area contributed by atoms with Crippen LogP contribution in [0.3, 0.4) is 0 Å². The Morgan fingerprint density at radius 1 is 1.24 bits per heavy atom. The van der Waals surface area contributed by atoms with Gasteiger partial charge in [0.1, 0.15) is 5.76 Å². The van der Waals surface area contributed by atoms with Crippen molar-refractivity contribution in [1.29, 1.82) is 0 Å². The number of hydrogen-bond donors (Lipinski definition) is 1. The number of alkyl halides is 3. The molecule has 0 amide bonds. The highest BCUT2D eigenvalue weighted by Gasteiger charge is 2.30. The number of aliphatic hydroxyl groups is 1. The molecule has 0 fully saturated rings. The molecule has 0 aliphatic carbocycles. The van der Waals surface area contributed by atoms with Crippen LogP contribution in [0, 0.1) is 6.92 Å². The summed E-state index contributed by atoms with van der Waals surface area (Å²) in [5.74, 6) is 0.714. The van der Waals surface area contributed by atoms with Gasteiger partial charge in [-0.2, -0.15) is 13.2 Å². The van der Waals surface area contributed by atoms with Crippen LogP contribution in [-0.2, 0) is 6.18 Å². The maximum absolute atomic E-state index is 12.5. The Balaban J connectivity index is 2.33. The van der Waals surface area contributed by atoms with E-state index >= 15 is 0 Å². The van der Waals surface area contributed by atoms with Gasteiger partial charge < -0.3 is 9.52 Å². The van der Waals surface area contributed by atoms with Crippen molar-refractivity contribution >= 4 is 0 Å². The molecular weight excluding hydrogens is 283 g/mol. The SMILES string of the molecule is CCC(CO)c1nc(-c2ccc(C(F)(F)F)cc2)oc1C. The summed E-state index contributed by atoms with van der Waals surface area (Å²) in [6.07, 6.45) is -3.66. The molecule has 6 heteroatoms. The van der Waals surface area contributed by atoms with Gasteiger partial charge in [-0.25, -0.2) is 4.98 Å². The van der Waals surface area contributed by atoms with Crippen molar-refractivity contribution in [2.45, 2.75) is 32.4 Å². The third-order valence-corrected chi connectivity index (χ3v) is 3.39. The Kier molecular flexibility index (Phi) is 4.37. The molecule has 0 aliphatic heterocycles. The number of halogens is 3. The second-order valence-electron chi connectivity index (χ2n) is 4.82. The van der Waals surface area contributed by atoms with Crippen LogP contribution in [0.5, 0.6) is 0 Å². The maximum Gasteiger partial charge on any atom is 0.416 e. The molecule has 1 N–H and O–H groups in total. The van der Waals surface area contributed by atoms with Gasteiger partial charge in [0.15, 0.2) is 0 Å². The highest BCUT2D eigenvalue weighted by molar-refractivity contribution is 5.54. The molecule has 0 bridgehead atoms. The summed E-state index contributed by atoms with van der Waals surface area (Å²) in [7, 11) is 0. The number of aliphatic hydroxyl groups excluding tert-OH is 1. The van der Waals surface area contributed by atoms with Crippen molar-refractivity contribution in [1.82, 2.24) is 4.98 Å². The van der Waals surface area contributed by atoms with E-state index in [1.807, 2.05) is 6.92 Å². The van der Waals surface area contributed by atoms with Crippen LogP contribution in [0.25, 0.3) is 11.5 Å². The fourth-order valence-corrected chi connectivity index (χ4v) is 2.12. The van der Waals surface area contributed by atoms with Gasteiger partial charge >= 0.3 is 6.18 Å². The first-order chi connectivity index (χ1) is 9.86. The summed E-state index contributed by atoms with van der Waals surface area (Å²) in [5, 5.41) is 9.30. The summed E-state index contributed by atoms with van der Waals surface area (Å²) in [6.45, 7) is 3.61. The second kappa shape index (κ2) is 5.89. The number of aryl methyl sites for hydroxylation is 1. The maximum atomic E-state index is 12.5. The number of oxazole rings is 1. The molecule has 1 atom stereocenters. The Hall–Kier alpha value is -1.82. The Morgan fingerprint density at radius 3 is 2.33 bits per heavy atom. The van der Waals surface area contributed by atoms with E-state index in [2.05, 4.69) is 4.98 Å². The molecule has 21 heavy (non-hydrogen) atoms. The minimum atomic E-state index is -4.36. The summed E-state index contributed by atoms with van der Waals surface area (Å²) < 4.78 is 43.1. The van der Waals surface area contributed by atoms with Gasteiger partial charge in [0, 0.05) is 11.5 Å². The van der Waals surface area contributed by atoms with E-state index < -0.39 is 11.7 Å². The number of nitrogens with zero attached hydrogens (tertiary/aromatic N) is 1. The molecule has 114 valence electrons. The number of aromatic nitrogens is 1. The van der Waals surface area contributed by atoms with Gasteiger partial charge in [0.2, 0.25) is 5.89 Å². The lowest BCUT2D eigenvalue weighted by molar-refractivity contribution is -0.137. The van der Waals surface area contributed by atoms with Crippen molar-refractivity contribution in [2.75, 3.05) is 6.61 Å². The zero-order chi connectivity index (χ0) is 15.6. The van der Waals surface area contributed by atoms with E-state index in [9.17, 15) is 18.3 Å². The molecule has 0 spiro atoms. The minimum Gasteiger partial charge on any atom is -0.441 e. The molecule has 3 nitrogen and oxygen atoms in total. The molecule has 0 radical (unpaired) electrons. The molecule has 1 aromatic heterocycles. The first-order valence-electron chi connectivity index (χ1n) is 6.62. The molecule has 1 aromatic carbocycles. The predicted molar refractivity (Wildman–Crippen MR) is 71.8 cm³/mol. The van der Waals surface area contributed by atoms with Crippen molar-refractivity contribution < 1.29 is 22.7 Å². The average Bonchev–Trinajstić information content (AvgIpc) is 2.82.